The van der Waals surface area contributed by atoms with Gasteiger partial charge in [-0.3, -0.25) is 4.90 Å². The molecule has 0 aliphatic carbocycles. The van der Waals surface area contributed by atoms with E-state index in [0.717, 1.165) is 45.8 Å². The van der Waals surface area contributed by atoms with Gasteiger partial charge in [-0.1, -0.05) is 0 Å². The van der Waals surface area contributed by atoms with Crippen LogP contribution in [0, 0.1) is 0 Å². The van der Waals surface area contributed by atoms with Crippen LogP contribution >= 0.6 is 0 Å². The predicted octanol–water partition coefficient (Wildman–Crippen LogP) is -1.76. The predicted molar refractivity (Wildman–Crippen MR) is 62.3 cm³/mol. The second-order valence-corrected chi connectivity index (χ2v) is 4.35. The smallest absolute Gasteiger partial charge is 0.317 e. The molecule has 2 fully saturated rings. The molecule has 92 valence electrons. The number of piperazine rings is 1. The summed E-state index contributed by atoms with van der Waals surface area (Å²) < 4.78 is 0. The molecular formula is C10H21N5O. The van der Waals surface area contributed by atoms with Crippen LogP contribution in [0.25, 0.3) is 0 Å². The fourth-order valence-electron chi connectivity index (χ4n) is 2.30. The molecule has 16 heavy (non-hydrogen) atoms. The van der Waals surface area contributed by atoms with Crippen LogP contribution in [0.4, 0.5) is 4.79 Å². The molecule has 0 aromatic heterocycles. The molecule has 2 heterocycles. The highest BCUT2D eigenvalue weighted by molar-refractivity contribution is 5.76. The Labute approximate surface area is 96.1 Å². The highest BCUT2D eigenvalue weighted by Crippen LogP contribution is 2.03. The van der Waals surface area contributed by atoms with Crippen LogP contribution in [-0.2, 0) is 0 Å². The molecule has 2 aliphatic rings. The molecule has 2 rings (SSSR count). The van der Waals surface area contributed by atoms with E-state index in [2.05, 4.69) is 15.5 Å². The minimum Gasteiger partial charge on any atom is -0.336 e. The normalized spacial score (nSPS) is 27.2. The van der Waals surface area contributed by atoms with Crippen molar-refractivity contribution in [3.05, 3.63) is 0 Å². The fourth-order valence-corrected chi connectivity index (χ4v) is 2.30. The minimum atomic E-state index is 0.0689. The van der Waals surface area contributed by atoms with Crippen molar-refractivity contribution in [3.63, 3.8) is 0 Å². The molecule has 0 aromatic rings. The molecule has 2 saturated heterocycles. The number of hydrogen-bond acceptors (Lipinski definition) is 4. The number of carbonyl (C=O) groups excluding carboxylic acids is 1. The summed E-state index contributed by atoms with van der Waals surface area (Å²) in [5.74, 6) is 0. The Hall–Kier alpha value is -0.850. The zero-order valence-corrected chi connectivity index (χ0v) is 9.61. The Kier molecular flexibility index (Phi) is 3.98. The second kappa shape index (κ2) is 5.47. The van der Waals surface area contributed by atoms with Crippen LogP contribution in [0.3, 0.4) is 0 Å². The lowest BCUT2D eigenvalue weighted by atomic mass is 10.2. The van der Waals surface area contributed by atoms with E-state index in [1.165, 1.54) is 0 Å². The first-order chi connectivity index (χ1) is 7.81. The zero-order valence-electron chi connectivity index (χ0n) is 9.61. The van der Waals surface area contributed by atoms with Gasteiger partial charge in [0.05, 0.1) is 0 Å². The van der Waals surface area contributed by atoms with Gasteiger partial charge in [0.25, 0.3) is 0 Å². The molecule has 1 atom stereocenters. The van der Waals surface area contributed by atoms with E-state index in [0.29, 0.717) is 12.6 Å². The van der Waals surface area contributed by atoms with E-state index in [4.69, 9.17) is 5.73 Å². The van der Waals surface area contributed by atoms with E-state index in [9.17, 15) is 4.79 Å². The summed E-state index contributed by atoms with van der Waals surface area (Å²) in [4.78, 5) is 15.6. The maximum atomic E-state index is 11.4. The number of urea groups is 1. The fraction of sp³-hybridized carbons (Fsp3) is 0.900. The van der Waals surface area contributed by atoms with Crippen molar-refractivity contribution in [2.24, 2.45) is 5.73 Å². The number of nitrogens with two attached hydrogens (primary N) is 1. The van der Waals surface area contributed by atoms with E-state index < -0.39 is 0 Å². The first-order valence-corrected chi connectivity index (χ1v) is 5.99. The van der Waals surface area contributed by atoms with Crippen molar-refractivity contribution >= 4 is 6.03 Å². The Bertz CT molecular complexity index is 247. The van der Waals surface area contributed by atoms with Gasteiger partial charge in [0, 0.05) is 58.4 Å². The lowest BCUT2D eigenvalue weighted by Gasteiger charge is -2.36. The number of amides is 2. The van der Waals surface area contributed by atoms with Crippen LogP contribution in [0.2, 0.25) is 0 Å². The Morgan fingerprint density at radius 3 is 2.88 bits per heavy atom. The van der Waals surface area contributed by atoms with Gasteiger partial charge < -0.3 is 21.3 Å². The van der Waals surface area contributed by atoms with Gasteiger partial charge in [-0.05, 0) is 0 Å². The maximum absolute atomic E-state index is 11.4. The first kappa shape index (κ1) is 11.6. The van der Waals surface area contributed by atoms with Crippen LogP contribution in [0.15, 0.2) is 0 Å². The number of nitrogens with one attached hydrogen (secondary N) is 2. The van der Waals surface area contributed by atoms with Gasteiger partial charge >= 0.3 is 6.03 Å². The zero-order chi connectivity index (χ0) is 11.4. The Morgan fingerprint density at radius 1 is 1.31 bits per heavy atom. The molecule has 2 amide bonds. The van der Waals surface area contributed by atoms with Crippen LogP contribution in [0.5, 0.6) is 0 Å². The minimum absolute atomic E-state index is 0.0689. The van der Waals surface area contributed by atoms with Crippen molar-refractivity contribution < 1.29 is 4.79 Å². The summed E-state index contributed by atoms with van der Waals surface area (Å²) in [5.41, 5.74) is 5.73. The third-order valence-corrected chi connectivity index (χ3v) is 3.35. The largest absolute Gasteiger partial charge is 0.336 e. The summed E-state index contributed by atoms with van der Waals surface area (Å²) in [7, 11) is 0. The molecule has 6 heteroatoms. The SMILES string of the molecule is NCC1CNCCN1CCN1CCNC1=O. The quantitative estimate of drug-likeness (QED) is 0.532. The highest BCUT2D eigenvalue weighted by Gasteiger charge is 2.24. The number of rotatable bonds is 4. The van der Waals surface area contributed by atoms with Crippen molar-refractivity contribution in [2.45, 2.75) is 6.04 Å². The lowest BCUT2D eigenvalue weighted by molar-refractivity contribution is 0.148. The second-order valence-electron chi connectivity index (χ2n) is 4.35. The molecule has 0 bridgehead atoms. The number of carbonyl (C=O) groups is 1. The molecule has 1 unspecified atom stereocenters. The molecule has 0 spiro atoms. The van der Waals surface area contributed by atoms with Gasteiger partial charge in [0.15, 0.2) is 0 Å². The molecule has 0 saturated carbocycles. The molecule has 0 radical (unpaired) electrons. The summed E-state index contributed by atoms with van der Waals surface area (Å²) in [6.45, 7) is 7.03. The van der Waals surface area contributed by atoms with Crippen molar-refractivity contribution in [1.29, 1.82) is 0 Å². The van der Waals surface area contributed by atoms with Gasteiger partial charge in [-0.15, -0.1) is 0 Å². The molecule has 4 N–H and O–H groups in total. The highest BCUT2D eigenvalue weighted by atomic mass is 16.2. The van der Waals surface area contributed by atoms with Gasteiger partial charge in [0.2, 0.25) is 0 Å². The topological polar surface area (TPSA) is 73.6 Å². The summed E-state index contributed by atoms with van der Waals surface area (Å²) >= 11 is 0. The molecule has 6 nitrogen and oxygen atoms in total. The van der Waals surface area contributed by atoms with E-state index >= 15 is 0 Å². The Balaban J connectivity index is 1.77. The average Bonchev–Trinajstić information content (AvgIpc) is 2.72. The third kappa shape index (κ3) is 2.63. The van der Waals surface area contributed by atoms with Gasteiger partial charge in [-0.25, -0.2) is 4.79 Å². The molecule has 2 aliphatic heterocycles. The first-order valence-electron chi connectivity index (χ1n) is 5.99. The summed E-state index contributed by atoms with van der Waals surface area (Å²) in [6, 6.07) is 0.485. The van der Waals surface area contributed by atoms with Gasteiger partial charge in [0.1, 0.15) is 0 Å². The summed E-state index contributed by atoms with van der Waals surface area (Å²) in [5, 5.41) is 6.15. The number of hydrogen-bond donors (Lipinski definition) is 3. The summed E-state index contributed by atoms with van der Waals surface area (Å²) in [6.07, 6.45) is 0. The monoisotopic (exact) mass is 227 g/mol. The van der Waals surface area contributed by atoms with Gasteiger partial charge in [-0.2, -0.15) is 0 Å². The van der Waals surface area contributed by atoms with E-state index in [1.54, 1.807) is 0 Å². The standard InChI is InChI=1S/C10H21N5O/c11-7-9-8-12-1-3-14(9)5-6-15-4-2-13-10(15)16/h9,12H,1-8,11H2,(H,13,16). The van der Waals surface area contributed by atoms with Crippen molar-refractivity contribution in [2.75, 3.05) is 52.4 Å². The average molecular weight is 227 g/mol. The van der Waals surface area contributed by atoms with Crippen molar-refractivity contribution in [1.82, 2.24) is 20.4 Å². The Morgan fingerprint density at radius 2 is 2.19 bits per heavy atom. The van der Waals surface area contributed by atoms with Crippen molar-refractivity contribution in [3.8, 4) is 0 Å². The third-order valence-electron chi connectivity index (χ3n) is 3.35. The lowest BCUT2D eigenvalue weighted by Crippen LogP contribution is -2.55. The van der Waals surface area contributed by atoms with Crippen LogP contribution < -0.4 is 16.4 Å². The number of nitrogens with zero attached hydrogens (tertiary/aromatic N) is 2. The maximum Gasteiger partial charge on any atom is 0.317 e. The van der Waals surface area contributed by atoms with E-state index in [1.807, 2.05) is 4.90 Å². The molecular weight excluding hydrogens is 206 g/mol. The van der Waals surface area contributed by atoms with Crippen LogP contribution in [-0.4, -0.2) is 74.2 Å². The van der Waals surface area contributed by atoms with E-state index in [-0.39, 0.29) is 6.03 Å². The molecule has 0 aromatic carbocycles. The van der Waals surface area contributed by atoms with Crippen LogP contribution in [0.1, 0.15) is 0 Å².